The standard InChI is InChI=1S/C12H21N3/c1-4-6-8-11(7-5-2)14-12-9-10-13-15(12)3/h4,9-11,14H,1,5-8H2,2-3H3. The van der Waals surface area contributed by atoms with Gasteiger partial charge in [-0.25, -0.2) is 0 Å². The summed E-state index contributed by atoms with van der Waals surface area (Å²) in [7, 11) is 1.96. The Morgan fingerprint density at radius 3 is 2.93 bits per heavy atom. The molecule has 84 valence electrons. The van der Waals surface area contributed by atoms with Crippen LogP contribution in [-0.2, 0) is 7.05 Å². The number of allylic oxidation sites excluding steroid dienone is 1. The van der Waals surface area contributed by atoms with Crippen molar-refractivity contribution in [1.29, 1.82) is 0 Å². The normalized spacial score (nSPS) is 12.4. The van der Waals surface area contributed by atoms with E-state index < -0.39 is 0 Å². The van der Waals surface area contributed by atoms with Crippen molar-refractivity contribution < 1.29 is 0 Å². The van der Waals surface area contributed by atoms with E-state index >= 15 is 0 Å². The SMILES string of the molecule is C=CCCC(CCC)Nc1ccnn1C. The van der Waals surface area contributed by atoms with Crippen molar-refractivity contribution in [3.63, 3.8) is 0 Å². The average Bonchev–Trinajstić information content (AvgIpc) is 2.61. The Morgan fingerprint density at radius 2 is 2.40 bits per heavy atom. The number of nitrogens with zero attached hydrogens (tertiary/aromatic N) is 2. The summed E-state index contributed by atoms with van der Waals surface area (Å²) in [5.41, 5.74) is 0. The average molecular weight is 207 g/mol. The van der Waals surface area contributed by atoms with E-state index in [0.29, 0.717) is 6.04 Å². The van der Waals surface area contributed by atoms with E-state index in [9.17, 15) is 0 Å². The highest BCUT2D eigenvalue weighted by Crippen LogP contribution is 2.13. The van der Waals surface area contributed by atoms with Gasteiger partial charge in [0.1, 0.15) is 5.82 Å². The minimum Gasteiger partial charge on any atom is -0.368 e. The molecule has 0 aliphatic carbocycles. The molecule has 0 radical (unpaired) electrons. The van der Waals surface area contributed by atoms with Crippen LogP contribution in [0.15, 0.2) is 24.9 Å². The summed E-state index contributed by atoms with van der Waals surface area (Å²) in [6.07, 6.45) is 8.40. The minimum absolute atomic E-state index is 0.531. The summed E-state index contributed by atoms with van der Waals surface area (Å²) < 4.78 is 1.87. The number of aromatic nitrogens is 2. The molecule has 15 heavy (non-hydrogen) atoms. The largest absolute Gasteiger partial charge is 0.368 e. The molecule has 1 rings (SSSR count). The number of hydrogen-bond donors (Lipinski definition) is 1. The molecule has 0 amide bonds. The van der Waals surface area contributed by atoms with Gasteiger partial charge in [-0.15, -0.1) is 6.58 Å². The van der Waals surface area contributed by atoms with Gasteiger partial charge in [0.2, 0.25) is 0 Å². The van der Waals surface area contributed by atoms with Gasteiger partial charge in [0.05, 0.1) is 6.20 Å². The first-order valence-corrected chi connectivity index (χ1v) is 5.63. The maximum atomic E-state index is 4.14. The van der Waals surface area contributed by atoms with Crippen LogP contribution in [0.3, 0.4) is 0 Å². The molecule has 1 aromatic heterocycles. The number of anilines is 1. The molecule has 1 atom stereocenters. The fraction of sp³-hybridized carbons (Fsp3) is 0.583. The third kappa shape index (κ3) is 3.78. The molecular weight excluding hydrogens is 186 g/mol. The highest BCUT2D eigenvalue weighted by Gasteiger charge is 2.08. The van der Waals surface area contributed by atoms with E-state index in [1.165, 1.54) is 12.8 Å². The maximum Gasteiger partial charge on any atom is 0.124 e. The van der Waals surface area contributed by atoms with Crippen molar-refractivity contribution in [2.45, 2.75) is 38.6 Å². The van der Waals surface area contributed by atoms with Gasteiger partial charge in [0, 0.05) is 19.2 Å². The second kappa shape index (κ2) is 6.27. The van der Waals surface area contributed by atoms with Gasteiger partial charge in [-0.2, -0.15) is 5.10 Å². The molecule has 0 saturated carbocycles. The quantitative estimate of drug-likeness (QED) is 0.697. The first-order chi connectivity index (χ1) is 7.27. The van der Waals surface area contributed by atoms with Crippen LogP contribution in [0, 0.1) is 0 Å². The Balaban J connectivity index is 2.50. The van der Waals surface area contributed by atoms with Crippen molar-refractivity contribution >= 4 is 5.82 Å². The van der Waals surface area contributed by atoms with Crippen LogP contribution in [0.1, 0.15) is 32.6 Å². The molecule has 3 heteroatoms. The first kappa shape index (κ1) is 11.8. The Labute approximate surface area is 92.2 Å². The van der Waals surface area contributed by atoms with Crippen LogP contribution in [0.25, 0.3) is 0 Å². The summed E-state index contributed by atoms with van der Waals surface area (Å²) >= 11 is 0. The topological polar surface area (TPSA) is 29.9 Å². The van der Waals surface area contributed by atoms with Crippen molar-refractivity contribution in [2.75, 3.05) is 5.32 Å². The summed E-state index contributed by atoms with van der Waals surface area (Å²) in [6.45, 7) is 5.98. The lowest BCUT2D eigenvalue weighted by Crippen LogP contribution is -2.20. The van der Waals surface area contributed by atoms with E-state index in [1.807, 2.05) is 30.1 Å². The van der Waals surface area contributed by atoms with Gasteiger partial charge in [0.25, 0.3) is 0 Å². The van der Waals surface area contributed by atoms with E-state index in [4.69, 9.17) is 0 Å². The van der Waals surface area contributed by atoms with Crippen LogP contribution in [0.4, 0.5) is 5.82 Å². The molecule has 0 aromatic carbocycles. The molecule has 3 nitrogen and oxygen atoms in total. The Morgan fingerprint density at radius 1 is 1.60 bits per heavy atom. The van der Waals surface area contributed by atoms with Gasteiger partial charge in [-0.3, -0.25) is 4.68 Å². The predicted molar refractivity (Wildman–Crippen MR) is 65.0 cm³/mol. The Hall–Kier alpha value is -1.25. The number of rotatable bonds is 7. The molecule has 0 aliphatic heterocycles. The van der Waals surface area contributed by atoms with E-state index in [2.05, 4.69) is 23.9 Å². The van der Waals surface area contributed by atoms with Crippen molar-refractivity contribution in [2.24, 2.45) is 7.05 Å². The van der Waals surface area contributed by atoms with Gasteiger partial charge in [-0.05, 0) is 19.3 Å². The van der Waals surface area contributed by atoms with Gasteiger partial charge < -0.3 is 5.32 Å². The number of aryl methyl sites for hydroxylation is 1. The van der Waals surface area contributed by atoms with Crippen LogP contribution in [-0.4, -0.2) is 15.8 Å². The van der Waals surface area contributed by atoms with Crippen LogP contribution in [0.2, 0.25) is 0 Å². The summed E-state index contributed by atoms with van der Waals surface area (Å²) in [5, 5.41) is 7.66. The van der Waals surface area contributed by atoms with E-state index in [1.54, 1.807) is 0 Å². The van der Waals surface area contributed by atoms with E-state index in [-0.39, 0.29) is 0 Å². The lowest BCUT2D eigenvalue weighted by atomic mass is 10.1. The van der Waals surface area contributed by atoms with Gasteiger partial charge in [-0.1, -0.05) is 19.4 Å². The molecule has 0 bridgehead atoms. The molecule has 1 N–H and O–H groups in total. The zero-order valence-electron chi connectivity index (χ0n) is 9.74. The second-order valence-electron chi connectivity index (χ2n) is 3.84. The molecular formula is C12H21N3. The third-order valence-corrected chi connectivity index (χ3v) is 2.53. The Kier molecular flexibility index (Phi) is 4.95. The number of hydrogen-bond acceptors (Lipinski definition) is 2. The molecule has 0 aliphatic rings. The lowest BCUT2D eigenvalue weighted by Gasteiger charge is -2.18. The molecule has 0 spiro atoms. The third-order valence-electron chi connectivity index (χ3n) is 2.53. The smallest absolute Gasteiger partial charge is 0.124 e. The monoisotopic (exact) mass is 207 g/mol. The van der Waals surface area contributed by atoms with Crippen molar-refractivity contribution in [3.8, 4) is 0 Å². The Bertz CT molecular complexity index is 291. The molecule has 1 unspecified atom stereocenters. The van der Waals surface area contributed by atoms with Crippen LogP contribution in [0.5, 0.6) is 0 Å². The minimum atomic E-state index is 0.531. The molecule has 0 fully saturated rings. The van der Waals surface area contributed by atoms with Crippen LogP contribution >= 0.6 is 0 Å². The fourth-order valence-corrected chi connectivity index (χ4v) is 1.68. The highest BCUT2D eigenvalue weighted by atomic mass is 15.3. The van der Waals surface area contributed by atoms with Gasteiger partial charge in [0.15, 0.2) is 0 Å². The van der Waals surface area contributed by atoms with Gasteiger partial charge >= 0.3 is 0 Å². The number of nitrogens with one attached hydrogen (secondary N) is 1. The van der Waals surface area contributed by atoms with E-state index in [0.717, 1.165) is 18.7 Å². The summed E-state index contributed by atoms with van der Waals surface area (Å²) in [4.78, 5) is 0. The van der Waals surface area contributed by atoms with Crippen molar-refractivity contribution in [1.82, 2.24) is 9.78 Å². The second-order valence-corrected chi connectivity index (χ2v) is 3.84. The first-order valence-electron chi connectivity index (χ1n) is 5.63. The summed E-state index contributed by atoms with van der Waals surface area (Å²) in [5.74, 6) is 1.09. The maximum absolute atomic E-state index is 4.14. The van der Waals surface area contributed by atoms with Crippen molar-refractivity contribution in [3.05, 3.63) is 24.9 Å². The lowest BCUT2D eigenvalue weighted by molar-refractivity contribution is 0.591. The summed E-state index contributed by atoms with van der Waals surface area (Å²) in [6, 6.07) is 2.54. The van der Waals surface area contributed by atoms with Crippen LogP contribution < -0.4 is 5.32 Å². The molecule has 1 aromatic rings. The fourth-order valence-electron chi connectivity index (χ4n) is 1.68. The zero-order chi connectivity index (χ0) is 11.1. The molecule has 1 heterocycles. The zero-order valence-corrected chi connectivity index (χ0v) is 9.74. The highest BCUT2D eigenvalue weighted by molar-refractivity contribution is 5.34. The molecule has 0 saturated heterocycles. The predicted octanol–water partition coefficient (Wildman–Crippen LogP) is 2.97.